The van der Waals surface area contributed by atoms with Gasteiger partial charge in [-0.15, -0.1) is 11.8 Å². The van der Waals surface area contributed by atoms with Gasteiger partial charge in [-0.25, -0.2) is 0 Å². The quantitative estimate of drug-likeness (QED) is 0.530. The Kier molecular flexibility index (Phi) is 8.39. The molecule has 134 valence electrons. The number of halogens is 1. The monoisotopic (exact) mass is 370 g/mol. The fourth-order valence-electron chi connectivity index (χ4n) is 3.21. The van der Waals surface area contributed by atoms with Crippen molar-refractivity contribution in [1.29, 1.82) is 0 Å². The first-order chi connectivity index (χ1) is 11.6. The fraction of sp³-hybridized carbons (Fsp3) is 0.611. The van der Waals surface area contributed by atoms with Crippen molar-refractivity contribution in [2.24, 2.45) is 0 Å². The maximum Gasteiger partial charge on any atom is 0.317 e. The van der Waals surface area contributed by atoms with E-state index in [2.05, 4.69) is 15.9 Å². The summed E-state index contributed by atoms with van der Waals surface area (Å²) in [5, 5.41) is 9.83. The molecule has 0 radical (unpaired) electrons. The van der Waals surface area contributed by atoms with Gasteiger partial charge in [-0.2, -0.15) is 0 Å². The number of likely N-dealkylation sites (N-methyl/N-ethyl adjacent to an activating group) is 1. The topological polar surface area (TPSA) is 43.8 Å². The predicted molar refractivity (Wildman–Crippen MR) is 101 cm³/mol. The van der Waals surface area contributed by atoms with E-state index in [-0.39, 0.29) is 6.54 Å². The molecule has 1 heterocycles. The Balaban J connectivity index is 1.64. The molecular formula is C18H27ClN2O2S. The second kappa shape index (κ2) is 10.3. The van der Waals surface area contributed by atoms with Gasteiger partial charge in [0.25, 0.3) is 0 Å². The van der Waals surface area contributed by atoms with Crippen LogP contribution in [0.4, 0.5) is 0 Å². The van der Waals surface area contributed by atoms with Crippen LogP contribution in [0.3, 0.4) is 0 Å². The molecule has 2 rings (SSSR count). The van der Waals surface area contributed by atoms with E-state index >= 15 is 0 Å². The third kappa shape index (κ3) is 6.28. The van der Waals surface area contributed by atoms with Crippen molar-refractivity contribution in [3.05, 3.63) is 29.3 Å². The van der Waals surface area contributed by atoms with E-state index in [0.29, 0.717) is 6.04 Å². The van der Waals surface area contributed by atoms with Crippen LogP contribution in [0.2, 0.25) is 5.02 Å². The number of carboxylic acid groups (broad SMARTS) is 1. The third-order valence-corrected chi connectivity index (χ3v) is 6.13. The maximum absolute atomic E-state index is 10.9. The van der Waals surface area contributed by atoms with Crippen LogP contribution in [0.15, 0.2) is 29.2 Å². The average Bonchev–Trinajstić information content (AvgIpc) is 2.58. The normalized spacial score (nSPS) is 16.6. The number of carbonyl (C=O) groups is 1. The Labute approximate surface area is 154 Å². The Hall–Kier alpha value is -0.750. The summed E-state index contributed by atoms with van der Waals surface area (Å²) in [7, 11) is 0. The van der Waals surface area contributed by atoms with Crippen molar-refractivity contribution in [3.8, 4) is 0 Å². The second-order valence-corrected chi connectivity index (χ2v) is 7.71. The van der Waals surface area contributed by atoms with Gasteiger partial charge in [-0.1, -0.05) is 30.7 Å². The Morgan fingerprint density at radius 1 is 1.38 bits per heavy atom. The molecule has 0 saturated carbocycles. The van der Waals surface area contributed by atoms with Crippen molar-refractivity contribution < 1.29 is 9.90 Å². The van der Waals surface area contributed by atoms with E-state index in [1.807, 2.05) is 36.9 Å². The van der Waals surface area contributed by atoms with Crippen LogP contribution in [0, 0.1) is 0 Å². The number of hydrogen-bond acceptors (Lipinski definition) is 4. The lowest BCUT2D eigenvalue weighted by atomic mass is 10.0. The number of piperidine rings is 1. The summed E-state index contributed by atoms with van der Waals surface area (Å²) in [5.41, 5.74) is 0. The van der Waals surface area contributed by atoms with Gasteiger partial charge in [0.1, 0.15) is 0 Å². The largest absolute Gasteiger partial charge is 0.480 e. The number of thioether (sulfide) groups is 1. The van der Waals surface area contributed by atoms with Crippen molar-refractivity contribution in [2.75, 3.05) is 38.5 Å². The molecule has 4 nitrogen and oxygen atoms in total. The van der Waals surface area contributed by atoms with Gasteiger partial charge in [0.15, 0.2) is 0 Å². The van der Waals surface area contributed by atoms with E-state index in [9.17, 15) is 4.79 Å². The minimum Gasteiger partial charge on any atom is -0.480 e. The summed E-state index contributed by atoms with van der Waals surface area (Å²) < 4.78 is 0. The molecule has 0 amide bonds. The lowest BCUT2D eigenvalue weighted by Crippen LogP contribution is -2.46. The summed E-state index contributed by atoms with van der Waals surface area (Å²) in [6, 6.07) is 8.40. The summed E-state index contributed by atoms with van der Waals surface area (Å²) >= 11 is 7.99. The minimum absolute atomic E-state index is 0.162. The van der Waals surface area contributed by atoms with Crippen LogP contribution in [0.1, 0.15) is 26.2 Å². The van der Waals surface area contributed by atoms with Crippen molar-refractivity contribution in [2.45, 2.75) is 37.1 Å². The smallest absolute Gasteiger partial charge is 0.317 e. The highest BCUT2D eigenvalue weighted by atomic mass is 35.5. The van der Waals surface area contributed by atoms with Crippen LogP contribution in [-0.2, 0) is 4.79 Å². The zero-order valence-electron chi connectivity index (χ0n) is 14.3. The highest BCUT2D eigenvalue weighted by Crippen LogP contribution is 2.27. The lowest BCUT2D eigenvalue weighted by Gasteiger charge is -2.37. The van der Waals surface area contributed by atoms with Gasteiger partial charge < -0.3 is 10.0 Å². The molecule has 1 saturated heterocycles. The SMILES string of the molecule is CCN(CC(=O)O)C1CCN(CCCSc2ccccc2Cl)CC1. The molecule has 1 aliphatic heterocycles. The number of benzene rings is 1. The molecule has 24 heavy (non-hydrogen) atoms. The van der Waals surface area contributed by atoms with Crippen LogP contribution in [-0.4, -0.2) is 65.4 Å². The zero-order chi connectivity index (χ0) is 17.4. The fourth-order valence-corrected chi connectivity index (χ4v) is 4.39. The highest BCUT2D eigenvalue weighted by Gasteiger charge is 2.24. The molecule has 6 heteroatoms. The van der Waals surface area contributed by atoms with E-state index in [1.165, 1.54) is 0 Å². The van der Waals surface area contributed by atoms with Gasteiger partial charge in [0.05, 0.1) is 11.6 Å². The highest BCUT2D eigenvalue weighted by molar-refractivity contribution is 7.99. The summed E-state index contributed by atoms with van der Waals surface area (Å²) in [5.74, 6) is 0.347. The first-order valence-corrected chi connectivity index (χ1v) is 10.0. The number of hydrogen-bond donors (Lipinski definition) is 1. The van der Waals surface area contributed by atoms with E-state index in [1.54, 1.807) is 0 Å². The van der Waals surface area contributed by atoms with Crippen molar-refractivity contribution in [3.63, 3.8) is 0 Å². The lowest BCUT2D eigenvalue weighted by molar-refractivity contribution is -0.139. The molecule has 1 N–H and O–H groups in total. The Bertz CT molecular complexity index is 521. The Morgan fingerprint density at radius 3 is 2.71 bits per heavy atom. The molecule has 0 aromatic heterocycles. The predicted octanol–water partition coefficient (Wildman–Crippen LogP) is 3.69. The van der Waals surface area contributed by atoms with Gasteiger partial charge in [-0.05, 0) is 63.3 Å². The number of nitrogens with zero attached hydrogens (tertiary/aromatic N) is 2. The summed E-state index contributed by atoms with van der Waals surface area (Å²) in [6.45, 7) is 6.26. The van der Waals surface area contributed by atoms with Crippen molar-refractivity contribution in [1.82, 2.24) is 9.80 Å². The van der Waals surface area contributed by atoms with Gasteiger partial charge in [0.2, 0.25) is 0 Å². The molecule has 1 fully saturated rings. The maximum atomic E-state index is 10.9. The number of likely N-dealkylation sites (tertiary alicyclic amines) is 1. The number of carboxylic acids is 1. The molecule has 0 bridgehead atoms. The van der Waals surface area contributed by atoms with E-state index in [0.717, 1.165) is 61.1 Å². The van der Waals surface area contributed by atoms with Crippen LogP contribution in [0.5, 0.6) is 0 Å². The first-order valence-electron chi connectivity index (χ1n) is 8.65. The Morgan fingerprint density at radius 2 is 2.08 bits per heavy atom. The minimum atomic E-state index is -0.726. The summed E-state index contributed by atoms with van der Waals surface area (Å²) in [6.07, 6.45) is 3.28. The first kappa shape index (κ1) is 19.6. The molecule has 0 atom stereocenters. The van der Waals surface area contributed by atoms with Crippen LogP contribution in [0.25, 0.3) is 0 Å². The van der Waals surface area contributed by atoms with Gasteiger partial charge >= 0.3 is 5.97 Å². The van der Waals surface area contributed by atoms with Gasteiger partial charge in [-0.3, -0.25) is 9.69 Å². The zero-order valence-corrected chi connectivity index (χ0v) is 15.9. The van der Waals surface area contributed by atoms with E-state index in [4.69, 9.17) is 16.7 Å². The van der Waals surface area contributed by atoms with Crippen LogP contribution < -0.4 is 0 Å². The van der Waals surface area contributed by atoms with Gasteiger partial charge in [0, 0.05) is 10.9 Å². The van der Waals surface area contributed by atoms with Crippen LogP contribution >= 0.6 is 23.4 Å². The molecule has 1 aliphatic rings. The molecule has 0 aliphatic carbocycles. The molecule has 1 aromatic rings. The molecule has 0 spiro atoms. The molecular weight excluding hydrogens is 344 g/mol. The van der Waals surface area contributed by atoms with E-state index < -0.39 is 5.97 Å². The molecule has 0 unspecified atom stereocenters. The molecule has 1 aromatic carbocycles. The number of rotatable bonds is 9. The summed E-state index contributed by atoms with van der Waals surface area (Å²) in [4.78, 5) is 16.7. The number of aliphatic carboxylic acids is 1. The second-order valence-electron chi connectivity index (χ2n) is 6.16. The third-order valence-electron chi connectivity index (χ3n) is 4.53. The standard InChI is InChI=1S/C18H27ClN2O2S/c1-2-21(14-18(22)23)15-8-11-20(12-9-15)10-5-13-24-17-7-4-3-6-16(17)19/h3-4,6-7,15H,2,5,8-14H2,1H3,(H,22,23). The van der Waals surface area contributed by atoms with Crippen molar-refractivity contribution >= 4 is 29.3 Å². The average molecular weight is 371 g/mol.